The van der Waals surface area contributed by atoms with E-state index in [4.69, 9.17) is 16.0 Å². The predicted molar refractivity (Wildman–Crippen MR) is 122 cm³/mol. The molecule has 10 heteroatoms. The highest BCUT2D eigenvalue weighted by Crippen LogP contribution is 2.42. The molecule has 2 atom stereocenters. The third-order valence-electron chi connectivity index (χ3n) is 6.13. The van der Waals surface area contributed by atoms with E-state index >= 15 is 0 Å². The Morgan fingerprint density at radius 1 is 1.31 bits per heavy atom. The van der Waals surface area contributed by atoms with Crippen molar-refractivity contribution < 1.29 is 22.7 Å². The largest absolute Gasteiger partial charge is 0.504 e. The molecule has 1 aromatic carbocycles. The van der Waals surface area contributed by atoms with Crippen LogP contribution in [0, 0.1) is 5.41 Å². The van der Waals surface area contributed by atoms with Gasteiger partial charge in [-0.15, -0.1) is 0 Å². The minimum atomic E-state index is -3.89. The summed E-state index contributed by atoms with van der Waals surface area (Å²) < 4.78 is 31.9. The second-order valence-corrected chi connectivity index (χ2v) is 11.9. The van der Waals surface area contributed by atoms with E-state index in [1.54, 1.807) is 6.26 Å². The van der Waals surface area contributed by atoms with Crippen molar-refractivity contribution in [1.29, 1.82) is 0 Å². The highest BCUT2D eigenvalue weighted by Gasteiger charge is 2.36. The van der Waals surface area contributed by atoms with E-state index in [0.717, 1.165) is 24.9 Å². The molecule has 0 radical (unpaired) electrons. The number of rotatable bonds is 4. The number of benzene rings is 1. The first-order valence-electron chi connectivity index (χ1n) is 10.7. The lowest BCUT2D eigenvalue weighted by molar-refractivity contribution is 0.218. The summed E-state index contributed by atoms with van der Waals surface area (Å²) in [5.74, 6) is 0.161. The zero-order chi connectivity index (χ0) is 23.1. The van der Waals surface area contributed by atoms with Crippen LogP contribution in [-0.4, -0.2) is 37.9 Å². The molecule has 1 saturated heterocycles. The number of urea groups is 1. The standard InChI is InChI=1S/C22H28ClN3O5S/c1-22(2)10-13-7-9-31-19(13)17(11-22)26-21(28)25-16-6-5-15(23)20(18(16)27)32(29,30)14-4-3-8-24-12-14/h5-7,9,14,17,24,27H,3-4,8,10-12H2,1-2H3,(H2,25,26,28)/t14-,17?/m0/s1. The maximum atomic E-state index is 13.1. The van der Waals surface area contributed by atoms with Crippen LogP contribution >= 0.6 is 11.6 Å². The van der Waals surface area contributed by atoms with Gasteiger partial charge in [0, 0.05) is 6.54 Å². The fourth-order valence-corrected chi connectivity index (χ4v) is 6.98. The molecule has 32 heavy (non-hydrogen) atoms. The molecular formula is C22H28ClN3O5S. The van der Waals surface area contributed by atoms with Gasteiger partial charge in [-0.1, -0.05) is 25.4 Å². The van der Waals surface area contributed by atoms with E-state index < -0.39 is 26.9 Å². The molecule has 0 spiro atoms. The Morgan fingerprint density at radius 2 is 2.09 bits per heavy atom. The first-order chi connectivity index (χ1) is 15.1. The number of fused-ring (bicyclic) bond motifs is 1. The molecule has 2 amide bonds. The molecular weight excluding hydrogens is 454 g/mol. The van der Waals surface area contributed by atoms with Gasteiger partial charge < -0.3 is 25.5 Å². The maximum absolute atomic E-state index is 13.1. The van der Waals surface area contributed by atoms with Gasteiger partial charge in [-0.2, -0.15) is 0 Å². The number of carbonyl (C=O) groups is 1. The number of hydrogen-bond donors (Lipinski definition) is 4. The second kappa shape index (κ2) is 8.61. The number of anilines is 1. The normalized spacial score (nSPS) is 22.7. The summed E-state index contributed by atoms with van der Waals surface area (Å²) in [6.45, 7) is 5.29. The van der Waals surface area contributed by atoms with E-state index in [-0.39, 0.29) is 27.1 Å². The number of aromatic hydroxyl groups is 1. The summed E-state index contributed by atoms with van der Waals surface area (Å²) in [5, 5.41) is 18.5. The molecule has 0 saturated carbocycles. The van der Waals surface area contributed by atoms with Crippen molar-refractivity contribution in [3.05, 3.63) is 40.8 Å². The van der Waals surface area contributed by atoms with Crippen molar-refractivity contribution in [2.75, 3.05) is 18.4 Å². The molecule has 8 nitrogen and oxygen atoms in total. The van der Waals surface area contributed by atoms with Crippen molar-refractivity contribution in [3.63, 3.8) is 0 Å². The van der Waals surface area contributed by atoms with Gasteiger partial charge in [-0.05, 0) is 61.4 Å². The minimum absolute atomic E-state index is 0.0213. The van der Waals surface area contributed by atoms with Crippen molar-refractivity contribution >= 4 is 33.2 Å². The molecule has 2 heterocycles. The minimum Gasteiger partial charge on any atom is -0.504 e. The highest BCUT2D eigenvalue weighted by atomic mass is 35.5. The summed E-state index contributed by atoms with van der Waals surface area (Å²) in [6.07, 6.45) is 4.35. The number of phenolic OH excluding ortho intramolecular Hbond substituents is 1. The average Bonchev–Trinajstić information content (AvgIpc) is 3.18. The van der Waals surface area contributed by atoms with E-state index in [9.17, 15) is 18.3 Å². The van der Waals surface area contributed by atoms with Crippen LogP contribution in [0.5, 0.6) is 5.75 Å². The molecule has 1 unspecified atom stereocenters. The second-order valence-electron chi connectivity index (χ2n) is 9.29. The van der Waals surface area contributed by atoms with Crippen LogP contribution in [0.15, 0.2) is 33.8 Å². The summed E-state index contributed by atoms with van der Waals surface area (Å²) in [5.41, 5.74) is 1.01. The van der Waals surface area contributed by atoms with Crippen LogP contribution in [0.25, 0.3) is 0 Å². The van der Waals surface area contributed by atoms with Crippen LogP contribution in [0.1, 0.15) is 50.5 Å². The van der Waals surface area contributed by atoms with Crippen LogP contribution in [0.2, 0.25) is 5.02 Å². The van der Waals surface area contributed by atoms with Crippen molar-refractivity contribution in [1.82, 2.24) is 10.6 Å². The van der Waals surface area contributed by atoms with Crippen molar-refractivity contribution in [3.8, 4) is 5.75 Å². The fourth-order valence-electron chi connectivity index (χ4n) is 4.63. The smallest absolute Gasteiger partial charge is 0.319 e. The molecule has 2 aromatic rings. The summed E-state index contributed by atoms with van der Waals surface area (Å²) in [7, 11) is -3.89. The lowest BCUT2D eigenvalue weighted by Crippen LogP contribution is -2.39. The lowest BCUT2D eigenvalue weighted by atomic mass is 9.74. The number of carbonyl (C=O) groups excluding carboxylic acids is 1. The Labute approximate surface area is 192 Å². The van der Waals surface area contributed by atoms with Crippen molar-refractivity contribution in [2.45, 2.75) is 55.7 Å². The SMILES string of the molecule is CC1(C)Cc2ccoc2C(NC(=O)Nc2ccc(Cl)c(S(=O)(=O)[C@H]3CCCNC3)c2O)C1. The maximum Gasteiger partial charge on any atom is 0.319 e. The predicted octanol–water partition coefficient (Wildman–Crippen LogP) is 4.00. The lowest BCUT2D eigenvalue weighted by Gasteiger charge is -2.34. The molecule has 0 bridgehead atoms. The van der Waals surface area contributed by atoms with E-state index in [1.165, 1.54) is 12.1 Å². The van der Waals surface area contributed by atoms with Crippen LogP contribution in [-0.2, 0) is 16.3 Å². The van der Waals surface area contributed by atoms with Gasteiger partial charge in [-0.3, -0.25) is 0 Å². The number of piperidine rings is 1. The number of amides is 2. The number of sulfone groups is 1. The number of phenols is 1. The molecule has 4 rings (SSSR count). The number of hydrogen-bond acceptors (Lipinski definition) is 6. The molecule has 174 valence electrons. The fraction of sp³-hybridized carbons (Fsp3) is 0.500. The molecule has 2 aliphatic rings. The van der Waals surface area contributed by atoms with Gasteiger partial charge in [-0.25, -0.2) is 13.2 Å². The Kier molecular flexibility index (Phi) is 6.17. The summed E-state index contributed by atoms with van der Waals surface area (Å²) >= 11 is 6.17. The van der Waals surface area contributed by atoms with Gasteiger partial charge in [0.1, 0.15) is 10.7 Å². The van der Waals surface area contributed by atoms with Gasteiger partial charge in [0.05, 0.1) is 28.3 Å². The molecule has 1 aromatic heterocycles. The molecule has 1 fully saturated rings. The topological polar surface area (TPSA) is 121 Å². The molecule has 1 aliphatic carbocycles. The van der Waals surface area contributed by atoms with Gasteiger partial charge >= 0.3 is 6.03 Å². The van der Waals surface area contributed by atoms with Crippen molar-refractivity contribution in [2.24, 2.45) is 5.41 Å². The molecule has 4 N–H and O–H groups in total. The summed E-state index contributed by atoms with van der Waals surface area (Å²) in [4.78, 5) is 12.4. The zero-order valence-electron chi connectivity index (χ0n) is 18.1. The number of halogens is 1. The Balaban J connectivity index is 1.55. The van der Waals surface area contributed by atoms with Crippen LogP contribution in [0.4, 0.5) is 10.5 Å². The quantitative estimate of drug-likeness (QED) is 0.490. The Morgan fingerprint density at radius 3 is 2.81 bits per heavy atom. The van der Waals surface area contributed by atoms with Gasteiger partial charge in [0.15, 0.2) is 15.6 Å². The van der Waals surface area contributed by atoms with Gasteiger partial charge in [0.2, 0.25) is 0 Å². The Hall–Kier alpha value is -2.23. The van der Waals surface area contributed by atoms with E-state index in [1.807, 2.05) is 6.07 Å². The zero-order valence-corrected chi connectivity index (χ0v) is 19.6. The molecule has 1 aliphatic heterocycles. The Bertz CT molecular complexity index is 1120. The highest BCUT2D eigenvalue weighted by molar-refractivity contribution is 7.92. The average molecular weight is 482 g/mol. The third-order valence-corrected chi connectivity index (χ3v) is 8.82. The first kappa shape index (κ1) is 22.9. The third kappa shape index (κ3) is 4.46. The van der Waals surface area contributed by atoms with Crippen LogP contribution in [0.3, 0.4) is 0 Å². The van der Waals surface area contributed by atoms with E-state index in [2.05, 4.69) is 29.8 Å². The van der Waals surface area contributed by atoms with E-state index in [0.29, 0.717) is 25.1 Å². The monoisotopic (exact) mass is 481 g/mol. The van der Waals surface area contributed by atoms with Crippen LogP contribution < -0.4 is 16.0 Å². The summed E-state index contributed by atoms with van der Waals surface area (Å²) in [6, 6.07) is 3.75. The first-order valence-corrected chi connectivity index (χ1v) is 12.6. The number of nitrogens with one attached hydrogen (secondary N) is 3. The van der Waals surface area contributed by atoms with Gasteiger partial charge in [0.25, 0.3) is 0 Å². The number of furan rings is 1.